The summed E-state index contributed by atoms with van der Waals surface area (Å²) >= 11 is 5.12. The van der Waals surface area contributed by atoms with E-state index in [4.69, 9.17) is 17.0 Å². The zero-order valence-electron chi connectivity index (χ0n) is 9.27. The predicted molar refractivity (Wildman–Crippen MR) is 66.6 cm³/mol. The molecule has 0 aromatic heterocycles. The summed E-state index contributed by atoms with van der Waals surface area (Å²) in [7, 11) is 0. The molecule has 3 rings (SSSR count). The average molecular weight is 248 g/mol. The summed E-state index contributed by atoms with van der Waals surface area (Å²) < 4.78 is 5.79. The van der Waals surface area contributed by atoms with Gasteiger partial charge < -0.3 is 15.4 Å². The number of hydrogen-bond acceptors (Lipinski definition) is 3. The summed E-state index contributed by atoms with van der Waals surface area (Å²) in [5.74, 6) is 0.663. The first-order chi connectivity index (χ1) is 8.16. The number of carbonyl (C=O) groups excluding carboxylic acids is 1. The molecule has 0 saturated carbocycles. The van der Waals surface area contributed by atoms with Crippen LogP contribution in [0.4, 0.5) is 0 Å². The maximum absolute atomic E-state index is 11.7. The van der Waals surface area contributed by atoms with Gasteiger partial charge in [0.25, 0.3) is 0 Å². The van der Waals surface area contributed by atoms with E-state index < -0.39 is 0 Å². The summed E-state index contributed by atoms with van der Waals surface area (Å²) in [5, 5.41) is 6.69. The highest BCUT2D eigenvalue weighted by atomic mass is 32.1. The molecule has 2 aliphatic heterocycles. The Morgan fingerprint density at radius 2 is 2.12 bits per heavy atom. The molecule has 2 aliphatic rings. The largest absolute Gasteiger partial charge is 0.469 e. The van der Waals surface area contributed by atoms with Gasteiger partial charge in [-0.25, -0.2) is 0 Å². The first-order valence-corrected chi connectivity index (χ1v) is 5.91. The van der Waals surface area contributed by atoms with Crippen molar-refractivity contribution in [3.05, 3.63) is 29.8 Å². The Balaban J connectivity index is 2.10. The van der Waals surface area contributed by atoms with Gasteiger partial charge in [-0.2, -0.15) is 0 Å². The lowest BCUT2D eigenvalue weighted by Crippen LogP contribution is -2.62. The van der Waals surface area contributed by atoms with Crippen molar-refractivity contribution >= 4 is 23.1 Å². The highest BCUT2D eigenvalue weighted by Crippen LogP contribution is 2.39. The first-order valence-electron chi connectivity index (χ1n) is 5.50. The van der Waals surface area contributed by atoms with Crippen LogP contribution in [0.15, 0.2) is 24.3 Å². The molecule has 0 aliphatic carbocycles. The fourth-order valence-electron chi connectivity index (χ4n) is 2.47. The molecule has 1 aromatic carbocycles. The van der Waals surface area contributed by atoms with Crippen LogP contribution in [0.2, 0.25) is 0 Å². The van der Waals surface area contributed by atoms with Crippen LogP contribution >= 0.6 is 12.2 Å². The van der Waals surface area contributed by atoms with E-state index in [2.05, 4.69) is 10.6 Å². The lowest BCUT2D eigenvalue weighted by Gasteiger charge is -2.43. The quantitative estimate of drug-likeness (QED) is 0.730. The molecule has 2 heterocycles. The molecule has 1 aromatic rings. The van der Waals surface area contributed by atoms with E-state index in [1.807, 2.05) is 24.3 Å². The predicted octanol–water partition coefficient (Wildman–Crippen LogP) is 1.13. The van der Waals surface area contributed by atoms with Gasteiger partial charge in [0.1, 0.15) is 11.5 Å². The van der Waals surface area contributed by atoms with E-state index in [1.54, 1.807) is 6.92 Å². The molecule has 2 bridgehead atoms. The summed E-state index contributed by atoms with van der Waals surface area (Å²) in [6.45, 7) is 1.58. The summed E-state index contributed by atoms with van der Waals surface area (Å²) in [5.41, 5.74) is 0.993. The number of benzene rings is 1. The summed E-state index contributed by atoms with van der Waals surface area (Å²) in [6.07, 6.45) is -0.360. The highest BCUT2D eigenvalue weighted by molar-refractivity contribution is 7.80. The molecule has 0 unspecified atom stereocenters. The minimum Gasteiger partial charge on any atom is -0.469 e. The topological polar surface area (TPSA) is 50.4 Å². The smallest absolute Gasteiger partial charge is 0.183 e. The zero-order chi connectivity index (χ0) is 12.0. The van der Waals surface area contributed by atoms with Gasteiger partial charge >= 0.3 is 0 Å². The van der Waals surface area contributed by atoms with Gasteiger partial charge in [-0.05, 0) is 25.2 Å². The van der Waals surface area contributed by atoms with Gasteiger partial charge in [-0.1, -0.05) is 18.2 Å². The molecule has 0 amide bonds. The molecule has 1 fully saturated rings. The second-order valence-electron chi connectivity index (χ2n) is 4.31. The Bertz CT molecular complexity index is 503. The average Bonchev–Trinajstić information content (AvgIpc) is 2.27. The normalized spacial score (nSPS) is 29.5. The van der Waals surface area contributed by atoms with E-state index in [1.165, 1.54) is 0 Å². The van der Waals surface area contributed by atoms with Gasteiger partial charge in [0, 0.05) is 5.56 Å². The van der Waals surface area contributed by atoms with Crippen LogP contribution < -0.4 is 15.4 Å². The number of nitrogens with one attached hydrogen (secondary N) is 2. The Morgan fingerprint density at radius 1 is 1.35 bits per heavy atom. The maximum Gasteiger partial charge on any atom is 0.183 e. The minimum absolute atomic E-state index is 0.0869. The third-order valence-corrected chi connectivity index (χ3v) is 3.46. The van der Waals surface area contributed by atoms with E-state index in [0.29, 0.717) is 5.11 Å². The van der Waals surface area contributed by atoms with E-state index in [-0.39, 0.29) is 24.0 Å². The Kier molecular flexibility index (Phi) is 2.29. The van der Waals surface area contributed by atoms with Gasteiger partial charge in [-0.15, -0.1) is 0 Å². The fourth-order valence-corrected chi connectivity index (χ4v) is 2.71. The van der Waals surface area contributed by atoms with Crippen molar-refractivity contribution in [2.24, 2.45) is 5.92 Å². The lowest BCUT2D eigenvalue weighted by molar-refractivity contribution is -0.126. The number of hydrogen-bond donors (Lipinski definition) is 2. The SMILES string of the molecule is CC(=O)[C@H]1[C@H]2NC(=S)N[C@H]1c1ccccc1O2. The number of Topliss-reactive ketones (excluding diaryl/α,β-unsaturated/α-hetero) is 1. The molecule has 3 atom stereocenters. The van der Waals surface area contributed by atoms with E-state index in [9.17, 15) is 4.79 Å². The van der Waals surface area contributed by atoms with Crippen molar-refractivity contribution in [3.63, 3.8) is 0 Å². The number of ether oxygens (including phenoxy) is 1. The van der Waals surface area contributed by atoms with Crippen molar-refractivity contribution in [1.82, 2.24) is 10.6 Å². The Hall–Kier alpha value is -1.62. The highest BCUT2D eigenvalue weighted by Gasteiger charge is 2.44. The zero-order valence-corrected chi connectivity index (χ0v) is 10.1. The Morgan fingerprint density at radius 3 is 2.88 bits per heavy atom. The lowest BCUT2D eigenvalue weighted by atomic mass is 9.84. The molecule has 0 spiro atoms. The number of thiocarbonyl (C=S) groups is 1. The van der Waals surface area contributed by atoms with Crippen molar-refractivity contribution in [2.75, 3.05) is 0 Å². The third-order valence-electron chi connectivity index (χ3n) is 3.22. The third kappa shape index (κ3) is 1.58. The maximum atomic E-state index is 11.7. The molecule has 88 valence electrons. The molecule has 4 nitrogen and oxygen atoms in total. The minimum atomic E-state index is -0.360. The monoisotopic (exact) mass is 248 g/mol. The number of rotatable bonds is 1. The van der Waals surface area contributed by atoms with Crippen LogP contribution in [0.25, 0.3) is 0 Å². The van der Waals surface area contributed by atoms with Gasteiger partial charge in [-0.3, -0.25) is 4.79 Å². The van der Waals surface area contributed by atoms with Crippen molar-refractivity contribution in [3.8, 4) is 5.75 Å². The molecule has 17 heavy (non-hydrogen) atoms. The molecular formula is C12H12N2O2S. The second kappa shape index (κ2) is 3.70. The second-order valence-corrected chi connectivity index (χ2v) is 4.72. The van der Waals surface area contributed by atoms with Crippen molar-refractivity contribution < 1.29 is 9.53 Å². The molecule has 1 saturated heterocycles. The number of carbonyl (C=O) groups is 1. The van der Waals surface area contributed by atoms with E-state index in [0.717, 1.165) is 11.3 Å². The standard InChI is InChI=1S/C12H12N2O2S/c1-6(15)9-10-7-4-2-3-5-8(7)16-11(9)14-12(17)13-10/h2-5,9-11H,1H3,(H2,13,14,17)/t9-,10+,11+/m1/s1. The summed E-state index contributed by atoms with van der Waals surface area (Å²) in [6, 6.07) is 7.64. The van der Waals surface area contributed by atoms with Gasteiger partial charge in [0.15, 0.2) is 11.3 Å². The van der Waals surface area contributed by atoms with Crippen LogP contribution in [0.1, 0.15) is 18.5 Å². The van der Waals surface area contributed by atoms with Crippen LogP contribution in [0.5, 0.6) is 5.75 Å². The summed E-state index contributed by atoms with van der Waals surface area (Å²) in [4.78, 5) is 11.7. The molecule has 2 N–H and O–H groups in total. The van der Waals surface area contributed by atoms with Crippen molar-refractivity contribution in [1.29, 1.82) is 0 Å². The van der Waals surface area contributed by atoms with Crippen LogP contribution in [0.3, 0.4) is 0 Å². The number of para-hydroxylation sites is 1. The molecule has 5 heteroatoms. The van der Waals surface area contributed by atoms with Crippen LogP contribution in [0, 0.1) is 5.92 Å². The first kappa shape index (κ1) is 10.5. The number of fused-ring (bicyclic) bond motifs is 4. The van der Waals surface area contributed by atoms with E-state index >= 15 is 0 Å². The molecular weight excluding hydrogens is 236 g/mol. The van der Waals surface area contributed by atoms with Crippen LogP contribution in [-0.2, 0) is 4.79 Å². The van der Waals surface area contributed by atoms with Gasteiger partial charge in [0.2, 0.25) is 0 Å². The number of ketones is 1. The molecule has 0 radical (unpaired) electrons. The van der Waals surface area contributed by atoms with Gasteiger partial charge in [0.05, 0.1) is 12.0 Å². The van der Waals surface area contributed by atoms with Crippen molar-refractivity contribution in [2.45, 2.75) is 19.2 Å². The van der Waals surface area contributed by atoms with Crippen LogP contribution in [-0.4, -0.2) is 17.1 Å². The fraction of sp³-hybridized carbons (Fsp3) is 0.333. The Labute approximate surface area is 104 Å².